The lowest BCUT2D eigenvalue weighted by atomic mass is 10.1. The normalized spacial score (nSPS) is 18.1. The Kier molecular flexibility index (Phi) is 3.60. The molecule has 0 bridgehead atoms. The summed E-state index contributed by atoms with van der Waals surface area (Å²) in [6, 6.07) is 8.30. The monoisotopic (exact) mass is 299 g/mol. The maximum atomic E-state index is 5.52. The van der Waals surface area contributed by atoms with Crippen molar-refractivity contribution in [3.63, 3.8) is 0 Å². The second kappa shape index (κ2) is 4.80. The van der Waals surface area contributed by atoms with Crippen LogP contribution in [0.15, 0.2) is 33.7 Å². The molecule has 1 aliphatic heterocycles. The molecule has 0 radical (unpaired) electrons. The molecule has 1 aromatic carbocycles. The molecule has 2 nitrogen and oxygen atoms in total. The third-order valence-corrected chi connectivity index (χ3v) is 3.62. The van der Waals surface area contributed by atoms with Crippen LogP contribution < -0.4 is 0 Å². The summed E-state index contributed by atoms with van der Waals surface area (Å²) in [4.78, 5) is 4.50. The molecule has 0 spiro atoms. The summed E-state index contributed by atoms with van der Waals surface area (Å²) in [6.07, 6.45) is 0. The third kappa shape index (κ3) is 3.25. The molecule has 0 saturated heterocycles. The number of rotatable bonds is 2. The summed E-state index contributed by atoms with van der Waals surface area (Å²) < 4.78 is 6.63. The Morgan fingerprint density at radius 2 is 2.31 bits per heavy atom. The molecule has 0 aromatic heterocycles. The van der Waals surface area contributed by atoms with Crippen molar-refractivity contribution in [1.82, 2.24) is 0 Å². The van der Waals surface area contributed by atoms with Gasteiger partial charge in [-0.2, -0.15) is 0 Å². The zero-order chi connectivity index (χ0) is 11.6. The van der Waals surface area contributed by atoms with Crippen LogP contribution in [0.2, 0.25) is 0 Å². The van der Waals surface area contributed by atoms with E-state index < -0.39 is 0 Å². The largest absolute Gasteiger partial charge is 0.470 e. The van der Waals surface area contributed by atoms with Gasteiger partial charge in [0.2, 0.25) is 5.23 Å². The van der Waals surface area contributed by atoms with Gasteiger partial charge in [0.15, 0.2) is 0 Å². The van der Waals surface area contributed by atoms with Gasteiger partial charge in [-0.1, -0.05) is 39.8 Å². The molecule has 0 aliphatic carbocycles. The van der Waals surface area contributed by atoms with Gasteiger partial charge in [0, 0.05) is 10.2 Å². The minimum Gasteiger partial charge on any atom is -0.470 e. The first kappa shape index (κ1) is 12.0. The first-order chi connectivity index (χ1) is 7.55. The molecule has 86 valence electrons. The molecule has 0 atom stereocenters. The highest BCUT2D eigenvalue weighted by Gasteiger charge is 2.26. The highest BCUT2D eigenvalue weighted by molar-refractivity contribution is 9.10. The summed E-state index contributed by atoms with van der Waals surface area (Å²) in [6.45, 7) is 4.85. The third-order valence-electron chi connectivity index (χ3n) is 2.19. The first-order valence-corrected chi connectivity index (χ1v) is 6.93. The van der Waals surface area contributed by atoms with Gasteiger partial charge < -0.3 is 4.74 Å². The fourth-order valence-electron chi connectivity index (χ4n) is 1.40. The van der Waals surface area contributed by atoms with Crippen LogP contribution in [0.4, 0.5) is 0 Å². The van der Waals surface area contributed by atoms with E-state index in [-0.39, 0.29) is 5.54 Å². The Bertz CT molecular complexity index is 417. The van der Waals surface area contributed by atoms with Crippen molar-refractivity contribution in [2.75, 3.05) is 6.61 Å². The standard InChI is InChI=1S/C12H14BrNOS/c1-12(2)8-15-11(14-12)16-7-9-4-3-5-10(13)6-9/h3-6H,7-8H2,1-2H3. The minimum atomic E-state index is -0.0559. The maximum absolute atomic E-state index is 5.52. The lowest BCUT2D eigenvalue weighted by molar-refractivity contribution is 0.284. The van der Waals surface area contributed by atoms with E-state index in [0.29, 0.717) is 6.61 Å². The lowest BCUT2D eigenvalue weighted by Crippen LogP contribution is -2.17. The van der Waals surface area contributed by atoms with Crippen molar-refractivity contribution in [3.8, 4) is 0 Å². The van der Waals surface area contributed by atoms with Gasteiger partial charge in [-0.15, -0.1) is 0 Å². The second-order valence-electron chi connectivity index (χ2n) is 4.40. The summed E-state index contributed by atoms with van der Waals surface area (Å²) >= 11 is 5.12. The minimum absolute atomic E-state index is 0.0559. The van der Waals surface area contributed by atoms with E-state index in [0.717, 1.165) is 15.5 Å². The van der Waals surface area contributed by atoms with Crippen molar-refractivity contribution in [3.05, 3.63) is 34.3 Å². The van der Waals surface area contributed by atoms with Gasteiger partial charge in [-0.05, 0) is 31.5 Å². The van der Waals surface area contributed by atoms with Crippen LogP contribution >= 0.6 is 27.7 Å². The molecule has 1 heterocycles. The SMILES string of the molecule is CC1(C)COC(SCc2cccc(Br)c2)=N1. The topological polar surface area (TPSA) is 21.6 Å². The Morgan fingerprint density at radius 1 is 1.50 bits per heavy atom. The predicted molar refractivity (Wildman–Crippen MR) is 72.9 cm³/mol. The number of nitrogens with zero attached hydrogens (tertiary/aromatic N) is 1. The van der Waals surface area contributed by atoms with E-state index in [4.69, 9.17) is 4.74 Å². The number of aliphatic imine (C=N–C) groups is 1. The first-order valence-electron chi connectivity index (χ1n) is 5.15. The zero-order valence-electron chi connectivity index (χ0n) is 9.37. The Labute approximate surface area is 109 Å². The van der Waals surface area contributed by atoms with Crippen LogP contribution in [0, 0.1) is 0 Å². The fraction of sp³-hybridized carbons (Fsp3) is 0.417. The number of hydrogen-bond acceptors (Lipinski definition) is 3. The Balaban J connectivity index is 1.94. The van der Waals surface area contributed by atoms with E-state index in [1.165, 1.54) is 5.56 Å². The van der Waals surface area contributed by atoms with Gasteiger partial charge in [0.25, 0.3) is 0 Å². The average Bonchev–Trinajstić information content (AvgIpc) is 2.56. The summed E-state index contributed by atoms with van der Waals surface area (Å²) in [5.41, 5.74) is 1.22. The number of benzene rings is 1. The number of hydrogen-bond donors (Lipinski definition) is 0. The van der Waals surface area contributed by atoms with Gasteiger partial charge in [-0.3, -0.25) is 0 Å². The molecule has 0 saturated carbocycles. The Hall–Kier alpha value is -0.480. The van der Waals surface area contributed by atoms with Crippen LogP contribution in [0.5, 0.6) is 0 Å². The maximum Gasteiger partial charge on any atom is 0.246 e. The number of ether oxygens (including phenoxy) is 1. The Morgan fingerprint density at radius 3 is 2.94 bits per heavy atom. The zero-order valence-corrected chi connectivity index (χ0v) is 11.8. The number of halogens is 1. The molecule has 4 heteroatoms. The van der Waals surface area contributed by atoms with Crippen molar-refractivity contribution in [2.45, 2.75) is 25.1 Å². The van der Waals surface area contributed by atoms with Crippen molar-refractivity contribution in [2.24, 2.45) is 4.99 Å². The van der Waals surface area contributed by atoms with E-state index in [1.807, 2.05) is 12.1 Å². The molecule has 16 heavy (non-hydrogen) atoms. The second-order valence-corrected chi connectivity index (χ2v) is 6.24. The van der Waals surface area contributed by atoms with E-state index in [1.54, 1.807) is 11.8 Å². The van der Waals surface area contributed by atoms with Gasteiger partial charge in [-0.25, -0.2) is 4.99 Å². The van der Waals surface area contributed by atoms with Gasteiger partial charge in [0.05, 0.1) is 5.54 Å². The van der Waals surface area contributed by atoms with Crippen LogP contribution in [0.25, 0.3) is 0 Å². The molecule has 0 fully saturated rings. The molecule has 0 amide bonds. The molecule has 1 aromatic rings. The van der Waals surface area contributed by atoms with Crippen molar-refractivity contribution < 1.29 is 4.74 Å². The predicted octanol–water partition coefficient (Wildman–Crippen LogP) is 3.85. The van der Waals surface area contributed by atoms with Crippen LogP contribution in [-0.2, 0) is 10.5 Å². The van der Waals surface area contributed by atoms with Crippen LogP contribution in [0.3, 0.4) is 0 Å². The molecule has 0 N–H and O–H groups in total. The number of thioether (sulfide) groups is 1. The van der Waals surface area contributed by atoms with Crippen LogP contribution in [-0.4, -0.2) is 17.4 Å². The highest BCUT2D eigenvalue weighted by atomic mass is 79.9. The molecular weight excluding hydrogens is 286 g/mol. The quantitative estimate of drug-likeness (QED) is 0.827. The summed E-state index contributed by atoms with van der Waals surface area (Å²) in [5.74, 6) is 0.897. The molecule has 2 rings (SSSR count). The smallest absolute Gasteiger partial charge is 0.246 e. The van der Waals surface area contributed by atoms with Crippen molar-refractivity contribution >= 4 is 32.9 Å². The lowest BCUT2D eigenvalue weighted by Gasteiger charge is -2.07. The molecule has 1 aliphatic rings. The van der Waals surface area contributed by atoms with E-state index >= 15 is 0 Å². The van der Waals surface area contributed by atoms with Crippen molar-refractivity contribution in [1.29, 1.82) is 0 Å². The molecular formula is C12H14BrNOS. The molecule has 0 unspecified atom stereocenters. The van der Waals surface area contributed by atoms with Crippen LogP contribution in [0.1, 0.15) is 19.4 Å². The van der Waals surface area contributed by atoms with Gasteiger partial charge >= 0.3 is 0 Å². The summed E-state index contributed by atoms with van der Waals surface area (Å²) in [5, 5.41) is 0.810. The van der Waals surface area contributed by atoms with Gasteiger partial charge in [0.1, 0.15) is 6.61 Å². The summed E-state index contributed by atoms with van der Waals surface area (Å²) in [7, 11) is 0. The van der Waals surface area contributed by atoms with E-state index in [2.05, 4.69) is 46.9 Å². The van der Waals surface area contributed by atoms with E-state index in [9.17, 15) is 0 Å². The average molecular weight is 300 g/mol. The fourth-order valence-corrected chi connectivity index (χ4v) is 2.77. The highest BCUT2D eigenvalue weighted by Crippen LogP contribution is 2.25.